The zero-order chi connectivity index (χ0) is 10.2. The fourth-order valence-corrected chi connectivity index (χ4v) is 2.24. The highest BCUT2D eigenvalue weighted by Gasteiger charge is 2.12. The van der Waals surface area contributed by atoms with E-state index in [1.807, 2.05) is 0 Å². The van der Waals surface area contributed by atoms with Gasteiger partial charge in [0.1, 0.15) is 0 Å². The summed E-state index contributed by atoms with van der Waals surface area (Å²) in [5, 5.41) is 7.06. The summed E-state index contributed by atoms with van der Waals surface area (Å²) in [6.07, 6.45) is 6.67. The smallest absolute Gasteiger partial charge is 0.00618 e. The molecule has 1 aliphatic heterocycles. The van der Waals surface area contributed by atoms with Gasteiger partial charge in [-0.15, -0.1) is 0 Å². The molecule has 0 aliphatic carbocycles. The van der Waals surface area contributed by atoms with Gasteiger partial charge in [0.25, 0.3) is 0 Å². The molecule has 2 heteroatoms. The molecule has 0 atom stereocenters. The van der Waals surface area contributed by atoms with Crippen molar-refractivity contribution in [3.8, 4) is 0 Å². The number of rotatable bonds is 6. The van der Waals surface area contributed by atoms with E-state index in [1.165, 1.54) is 51.7 Å². The molecule has 0 aromatic rings. The maximum Gasteiger partial charge on any atom is 0.00618 e. The summed E-state index contributed by atoms with van der Waals surface area (Å²) in [5.41, 5.74) is 0. The van der Waals surface area contributed by atoms with Crippen LogP contribution in [0.1, 0.15) is 46.0 Å². The Morgan fingerprint density at radius 2 is 1.86 bits per heavy atom. The van der Waals surface area contributed by atoms with Crippen molar-refractivity contribution in [2.75, 3.05) is 19.6 Å². The largest absolute Gasteiger partial charge is 0.317 e. The van der Waals surface area contributed by atoms with Gasteiger partial charge in [-0.05, 0) is 57.7 Å². The Morgan fingerprint density at radius 3 is 2.43 bits per heavy atom. The zero-order valence-electron chi connectivity index (χ0n) is 9.81. The number of hydrogen-bond donors (Lipinski definition) is 2. The van der Waals surface area contributed by atoms with Crippen molar-refractivity contribution < 1.29 is 0 Å². The van der Waals surface area contributed by atoms with Gasteiger partial charge in [0.15, 0.2) is 0 Å². The highest BCUT2D eigenvalue weighted by atomic mass is 14.9. The van der Waals surface area contributed by atoms with Crippen LogP contribution in [0.4, 0.5) is 0 Å². The first kappa shape index (κ1) is 12.0. The molecule has 0 aromatic heterocycles. The maximum atomic E-state index is 3.65. The molecular formula is C12H26N2. The van der Waals surface area contributed by atoms with Crippen LogP contribution >= 0.6 is 0 Å². The molecule has 14 heavy (non-hydrogen) atoms. The summed E-state index contributed by atoms with van der Waals surface area (Å²) in [4.78, 5) is 0. The molecule has 1 rings (SSSR count). The molecule has 1 heterocycles. The summed E-state index contributed by atoms with van der Waals surface area (Å²) in [6.45, 7) is 8.22. The first-order valence-corrected chi connectivity index (χ1v) is 6.30. The third-order valence-corrected chi connectivity index (χ3v) is 3.43. The van der Waals surface area contributed by atoms with Gasteiger partial charge in [-0.1, -0.05) is 13.8 Å². The molecule has 1 saturated heterocycles. The minimum atomic E-state index is 0.747. The molecule has 84 valence electrons. The standard InChI is InChI=1S/C12H26N2/c1-3-12(4-2)14-10-7-11-5-8-13-9-6-11/h11-14H,3-10H2,1-2H3. The van der Waals surface area contributed by atoms with Gasteiger partial charge >= 0.3 is 0 Å². The Bertz CT molecular complexity index is 126. The van der Waals surface area contributed by atoms with Gasteiger partial charge in [0.05, 0.1) is 0 Å². The van der Waals surface area contributed by atoms with Crippen LogP contribution in [0.3, 0.4) is 0 Å². The lowest BCUT2D eigenvalue weighted by atomic mass is 9.94. The number of piperidine rings is 1. The Morgan fingerprint density at radius 1 is 1.21 bits per heavy atom. The first-order valence-electron chi connectivity index (χ1n) is 6.30. The second-order valence-corrected chi connectivity index (χ2v) is 4.45. The third-order valence-electron chi connectivity index (χ3n) is 3.43. The quantitative estimate of drug-likeness (QED) is 0.683. The van der Waals surface area contributed by atoms with E-state index in [1.54, 1.807) is 0 Å². The van der Waals surface area contributed by atoms with Crippen LogP contribution in [-0.2, 0) is 0 Å². The molecule has 1 fully saturated rings. The normalized spacial score (nSPS) is 19.1. The van der Waals surface area contributed by atoms with E-state index < -0.39 is 0 Å². The fraction of sp³-hybridized carbons (Fsp3) is 1.00. The predicted molar refractivity (Wildman–Crippen MR) is 62.6 cm³/mol. The molecule has 0 aromatic carbocycles. The molecule has 0 saturated carbocycles. The third kappa shape index (κ3) is 4.43. The van der Waals surface area contributed by atoms with Gasteiger partial charge in [-0.3, -0.25) is 0 Å². The average Bonchev–Trinajstić information content (AvgIpc) is 2.26. The van der Waals surface area contributed by atoms with E-state index in [4.69, 9.17) is 0 Å². The van der Waals surface area contributed by atoms with E-state index in [9.17, 15) is 0 Å². The van der Waals surface area contributed by atoms with Crippen LogP contribution < -0.4 is 10.6 Å². The lowest BCUT2D eigenvalue weighted by Crippen LogP contribution is -2.32. The molecule has 0 radical (unpaired) electrons. The molecule has 0 unspecified atom stereocenters. The van der Waals surface area contributed by atoms with Crippen molar-refractivity contribution in [2.45, 2.75) is 52.0 Å². The maximum absolute atomic E-state index is 3.65. The zero-order valence-corrected chi connectivity index (χ0v) is 9.81. The number of hydrogen-bond acceptors (Lipinski definition) is 2. The highest BCUT2D eigenvalue weighted by molar-refractivity contribution is 4.70. The lowest BCUT2D eigenvalue weighted by molar-refractivity contribution is 0.338. The SMILES string of the molecule is CCC(CC)NCCC1CCNCC1. The van der Waals surface area contributed by atoms with E-state index in [2.05, 4.69) is 24.5 Å². The molecule has 0 amide bonds. The summed E-state index contributed by atoms with van der Waals surface area (Å²) >= 11 is 0. The van der Waals surface area contributed by atoms with Crippen LogP contribution in [0.25, 0.3) is 0 Å². The second-order valence-electron chi connectivity index (χ2n) is 4.45. The van der Waals surface area contributed by atoms with E-state index >= 15 is 0 Å². The van der Waals surface area contributed by atoms with Crippen molar-refractivity contribution in [3.05, 3.63) is 0 Å². The van der Waals surface area contributed by atoms with Crippen molar-refractivity contribution in [1.82, 2.24) is 10.6 Å². The number of nitrogens with one attached hydrogen (secondary N) is 2. The summed E-state index contributed by atoms with van der Waals surface area (Å²) in [5.74, 6) is 0.970. The van der Waals surface area contributed by atoms with Crippen LogP contribution in [-0.4, -0.2) is 25.7 Å². The predicted octanol–water partition coefficient (Wildman–Crippen LogP) is 2.15. The van der Waals surface area contributed by atoms with Crippen molar-refractivity contribution in [2.24, 2.45) is 5.92 Å². The van der Waals surface area contributed by atoms with Crippen LogP contribution in [0.2, 0.25) is 0 Å². The Hall–Kier alpha value is -0.0800. The van der Waals surface area contributed by atoms with Crippen LogP contribution in [0.15, 0.2) is 0 Å². The summed E-state index contributed by atoms with van der Waals surface area (Å²) in [7, 11) is 0. The second kappa shape index (κ2) is 7.24. The van der Waals surface area contributed by atoms with Gasteiger partial charge in [-0.25, -0.2) is 0 Å². The first-order chi connectivity index (χ1) is 6.86. The van der Waals surface area contributed by atoms with Crippen LogP contribution in [0.5, 0.6) is 0 Å². The summed E-state index contributed by atoms with van der Waals surface area (Å²) in [6, 6.07) is 0.747. The van der Waals surface area contributed by atoms with Crippen molar-refractivity contribution >= 4 is 0 Å². The highest BCUT2D eigenvalue weighted by Crippen LogP contribution is 2.15. The fourth-order valence-electron chi connectivity index (χ4n) is 2.24. The van der Waals surface area contributed by atoms with E-state index in [-0.39, 0.29) is 0 Å². The van der Waals surface area contributed by atoms with Crippen molar-refractivity contribution in [1.29, 1.82) is 0 Å². The Kier molecular flexibility index (Phi) is 6.20. The molecular weight excluding hydrogens is 172 g/mol. The van der Waals surface area contributed by atoms with Crippen LogP contribution in [0, 0.1) is 5.92 Å². The van der Waals surface area contributed by atoms with E-state index in [0.29, 0.717) is 0 Å². The monoisotopic (exact) mass is 198 g/mol. The van der Waals surface area contributed by atoms with E-state index in [0.717, 1.165) is 12.0 Å². The molecule has 2 nitrogen and oxygen atoms in total. The van der Waals surface area contributed by atoms with Gasteiger partial charge in [0, 0.05) is 6.04 Å². The van der Waals surface area contributed by atoms with Gasteiger partial charge < -0.3 is 10.6 Å². The Balaban J connectivity index is 2.01. The molecule has 0 spiro atoms. The minimum absolute atomic E-state index is 0.747. The molecule has 1 aliphatic rings. The average molecular weight is 198 g/mol. The Labute approximate surface area is 88.8 Å². The van der Waals surface area contributed by atoms with Gasteiger partial charge in [-0.2, -0.15) is 0 Å². The lowest BCUT2D eigenvalue weighted by Gasteiger charge is -2.23. The minimum Gasteiger partial charge on any atom is -0.317 e. The molecule has 2 N–H and O–H groups in total. The molecule has 0 bridgehead atoms. The topological polar surface area (TPSA) is 24.1 Å². The van der Waals surface area contributed by atoms with Gasteiger partial charge in [0.2, 0.25) is 0 Å². The summed E-state index contributed by atoms with van der Waals surface area (Å²) < 4.78 is 0. The van der Waals surface area contributed by atoms with Crippen molar-refractivity contribution in [3.63, 3.8) is 0 Å².